The van der Waals surface area contributed by atoms with Crippen LogP contribution in [0.5, 0.6) is 0 Å². The van der Waals surface area contributed by atoms with Gasteiger partial charge in [0.05, 0.1) is 11.8 Å². The average Bonchev–Trinajstić information content (AvgIpc) is 3.18. The van der Waals surface area contributed by atoms with Crippen molar-refractivity contribution in [1.82, 2.24) is 4.98 Å². The molecule has 3 rings (SSSR count). The monoisotopic (exact) mass is 267 g/mol. The number of methoxy groups -OCH3 is 1. The van der Waals surface area contributed by atoms with Crippen LogP contribution in [0.2, 0.25) is 0 Å². The van der Waals surface area contributed by atoms with E-state index in [-0.39, 0.29) is 0 Å². The molecule has 1 aliphatic heterocycles. The fraction of sp³-hybridized carbons (Fsp3) is 0.769. The summed E-state index contributed by atoms with van der Waals surface area (Å²) in [5.74, 6) is 0.691. The molecule has 0 bridgehead atoms. The summed E-state index contributed by atoms with van der Waals surface area (Å²) in [6.45, 7) is 2.70. The summed E-state index contributed by atoms with van der Waals surface area (Å²) >= 11 is 1.78. The quantitative estimate of drug-likeness (QED) is 0.907. The third-order valence-electron chi connectivity index (χ3n) is 3.85. The van der Waals surface area contributed by atoms with Gasteiger partial charge in [-0.1, -0.05) is 0 Å². The van der Waals surface area contributed by atoms with Gasteiger partial charge in [0.15, 0.2) is 5.13 Å². The molecular formula is C13H21N3OS. The van der Waals surface area contributed by atoms with E-state index < -0.39 is 0 Å². The van der Waals surface area contributed by atoms with Crippen LogP contribution in [-0.2, 0) is 11.3 Å². The first-order chi connectivity index (χ1) is 8.81. The molecule has 0 aromatic carbocycles. The predicted octanol–water partition coefficient (Wildman–Crippen LogP) is 2.09. The van der Waals surface area contributed by atoms with Crippen LogP contribution in [0.4, 0.5) is 5.13 Å². The number of thiazole rings is 1. The summed E-state index contributed by atoms with van der Waals surface area (Å²) in [6, 6.07) is 0. The van der Waals surface area contributed by atoms with Crippen LogP contribution in [0.25, 0.3) is 0 Å². The fourth-order valence-corrected chi connectivity index (χ4v) is 3.67. The van der Waals surface area contributed by atoms with E-state index in [2.05, 4.69) is 4.90 Å². The van der Waals surface area contributed by atoms with E-state index in [1.807, 2.05) is 0 Å². The van der Waals surface area contributed by atoms with Crippen molar-refractivity contribution in [2.45, 2.75) is 44.2 Å². The van der Waals surface area contributed by atoms with E-state index in [1.165, 1.54) is 29.8 Å². The lowest BCUT2D eigenvalue weighted by Gasteiger charge is -2.31. The molecular weight excluding hydrogens is 246 g/mol. The summed E-state index contributed by atoms with van der Waals surface area (Å²) in [4.78, 5) is 8.50. The molecule has 2 aliphatic rings. The summed E-state index contributed by atoms with van der Waals surface area (Å²) < 4.78 is 5.48. The van der Waals surface area contributed by atoms with Crippen molar-refractivity contribution in [1.29, 1.82) is 0 Å². The predicted molar refractivity (Wildman–Crippen MR) is 74.2 cm³/mol. The molecule has 1 aliphatic carbocycles. The Labute approximate surface area is 112 Å². The largest absolute Gasteiger partial charge is 0.380 e. The minimum absolute atomic E-state index is 0.355. The van der Waals surface area contributed by atoms with Crippen molar-refractivity contribution in [2.75, 3.05) is 25.1 Å². The number of nitrogens with two attached hydrogens (primary N) is 1. The second-order valence-electron chi connectivity index (χ2n) is 5.23. The van der Waals surface area contributed by atoms with Gasteiger partial charge in [0.25, 0.3) is 0 Å². The Hall–Kier alpha value is -0.650. The van der Waals surface area contributed by atoms with Gasteiger partial charge < -0.3 is 15.4 Å². The van der Waals surface area contributed by atoms with Gasteiger partial charge >= 0.3 is 0 Å². The van der Waals surface area contributed by atoms with Gasteiger partial charge in [-0.15, -0.1) is 11.3 Å². The Morgan fingerprint density at radius 2 is 2.28 bits per heavy atom. The molecule has 1 atom stereocenters. The van der Waals surface area contributed by atoms with Crippen LogP contribution >= 0.6 is 11.3 Å². The number of ether oxygens (including phenoxy) is 1. The Bertz CT molecular complexity index is 416. The summed E-state index contributed by atoms with van der Waals surface area (Å²) in [7, 11) is 1.80. The van der Waals surface area contributed by atoms with Gasteiger partial charge in [0, 0.05) is 37.5 Å². The standard InChI is InChI=1S/C13H21N3OS/c1-17-10-3-2-6-16(8-10)13-15-12(9-4-5-9)11(7-14)18-13/h9-10H,2-8,14H2,1H3. The van der Waals surface area contributed by atoms with Crippen LogP contribution in [0.1, 0.15) is 42.2 Å². The molecule has 1 saturated carbocycles. The molecule has 2 N–H and O–H groups in total. The van der Waals surface area contributed by atoms with Gasteiger partial charge in [0.2, 0.25) is 0 Å². The second kappa shape index (κ2) is 5.15. The summed E-state index contributed by atoms with van der Waals surface area (Å²) in [6.07, 6.45) is 5.29. The lowest BCUT2D eigenvalue weighted by Crippen LogP contribution is -2.39. The maximum atomic E-state index is 5.84. The zero-order valence-corrected chi connectivity index (χ0v) is 11.7. The van der Waals surface area contributed by atoms with Gasteiger partial charge in [-0.05, 0) is 25.7 Å². The first-order valence-electron chi connectivity index (χ1n) is 6.79. The Morgan fingerprint density at radius 1 is 1.44 bits per heavy atom. The summed E-state index contributed by atoms with van der Waals surface area (Å²) in [5, 5.41) is 1.15. The molecule has 0 radical (unpaired) electrons. The Kier molecular flexibility index (Phi) is 3.54. The summed E-state index contributed by atoms with van der Waals surface area (Å²) in [5.41, 5.74) is 7.11. The van der Waals surface area contributed by atoms with Gasteiger partial charge in [0.1, 0.15) is 0 Å². The van der Waals surface area contributed by atoms with E-state index in [1.54, 1.807) is 18.4 Å². The molecule has 4 nitrogen and oxygen atoms in total. The topological polar surface area (TPSA) is 51.4 Å². The maximum Gasteiger partial charge on any atom is 0.185 e. The zero-order valence-electron chi connectivity index (χ0n) is 10.9. The molecule has 1 saturated heterocycles. The molecule has 18 heavy (non-hydrogen) atoms. The van der Waals surface area contributed by atoms with Gasteiger partial charge in [-0.25, -0.2) is 4.98 Å². The second-order valence-corrected chi connectivity index (χ2v) is 6.29. The van der Waals surface area contributed by atoms with Crippen molar-refractivity contribution < 1.29 is 4.74 Å². The van der Waals surface area contributed by atoms with E-state index >= 15 is 0 Å². The minimum Gasteiger partial charge on any atom is -0.380 e. The average molecular weight is 267 g/mol. The number of rotatable bonds is 4. The van der Waals surface area contributed by atoms with Crippen LogP contribution in [0.15, 0.2) is 0 Å². The van der Waals surface area contributed by atoms with Crippen LogP contribution < -0.4 is 10.6 Å². The SMILES string of the molecule is COC1CCCN(c2nc(C3CC3)c(CN)s2)C1. The van der Waals surface area contributed by atoms with Crippen molar-refractivity contribution in [2.24, 2.45) is 5.73 Å². The smallest absolute Gasteiger partial charge is 0.185 e. The van der Waals surface area contributed by atoms with Crippen molar-refractivity contribution in [3.05, 3.63) is 10.6 Å². The normalized spacial score (nSPS) is 24.6. The number of hydrogen-bond acceptors (Lipinski definition) is 5. The molecule has 1 aromatic rings. The molecule has 0 amide bonds. The van der Waals surface area contributed by atoms with Crippen molar-refractivity contribution >= 4 is 16.5 Å². The maximum absolute atomic E-state index is 5.84. The third kappa shape index (κ3) is 2.39. The van der Waals surface area contributed by atoms with Gasteiger partial charge in [-0.2, -0.15) is 0 Å². The highest BCUT2D eigenvalue weighted by Gasteiger charge is 2.31. The van der Waals surface area contributed by atoms with E-state index in [9.17, 15) is 0 Å². The number of aromatic nitrogens is 1. The first-order valence-corrected chi connectivity index (χ1v) is 7.61. The van der Waals surface area contributed by atoms with Crippen molar-refractivity contribution in [3.8, 4) is 0 Å². The Balaban J connectivity index is 1.78. The van der Waals surface area contributed by atoms with Crippen LogP contribution in [-0.4, -0.2) is 31.3 Å². The highest BCUT2D eigenvalue weighted by molar-refractivity contribution is 7.15. The van der Waals surface area contributed by atoms with Gasteiger partial charge in [-0.3, -0.25) is 0 Å². The Morgan fingerprint density at radius 3 is 2.94 bits per heavy atom. The molecule has 2 heterocycles. The fourth-order valence-electron chi connectivity index (χ4n) is 2.61. The molecule has 0 spiro atoms. The van der Waals surface area contributed by atoms with Crippen LogP contribution in [0, 0.1) is 0 Å². The first kappa shape index (κ1) is 12.4. The molecule has 2 fully saturated rings. The number of hydrogen-bond donors (Lipinski definition) is 1. The zero-order chi connectivity index (χ0) is 12.5. The lowest BCUT2D eigenvalue weighted by atomic mass is 10.1. The third-order valence-corrected chi connectivity index (χ3v) is 5.00. The number of anilines is 1. The van der Waals surface area contributed by atoms with Crippen LogP contribution in [0.3, 0.4) is 0 Å². The molecule has 5 heteroatoms. The molecule has 1 unspecified atom stereocenters. The highest BCUT2D eigenvalue weighted by atomic mass is 32.1. The molecule has 1 aromatic heterocycles. The number of nitrogens with zero attached hydrogens (tertiary/aromatic N) is 2. The van der Waals surface area contributed by atoms with E-state index in [4.69, 9.17) is 15.5 Å². The highest BCUT2D eigenvalue weighted by Crippen LogP contribution is 2.44. The van der Waals surface area contributed by atoms with Crippen molar-refractivity contribution in [3.63, 3.8) is 0 Å². The van der Waals surface area contributed by atoms with E-state index in [0.29, 0.717) is 18.6 Å². The molecule has 100 valence electrons. The van der Waals surface area contributed by atoms with E-state index in [0.717, 1.165) is 24.6 Å². The lowest BCUT2D eigenvalue weighted by molar-refractivity contribution is 0.0893. The number of piperidine rings is 1. The minimum atomic E-state index is 0.355.